The lowest BCUT2D eigenvalue weighted by Crippen LogP contribution is -2.28. The van der Waals surface area contributed by atoms with E-state index in [1.165, 1.54) is 31.2 Å². The van der Waals surface area contributed by atoms with Crippen LogP contribution in [-0.2, 0) is 4.79 Å². The van der Waals surface area contributed by atoms with E-state index >= 15 is 0 Å². The summed E-state index contributed by atoms with van der Waals surface area (Å²) < 4.78 is 0. The highest BCUT2D eigenvalue weighted by atomic mass is 16.6. The third kappa shape index (κ3) is 3.16. The van der Waals surface area contributed by atoms with Crippen molar-refractivity contribution >= 4 is 17.4 Å². The van der Waals surface area contributed by atoms with Crippen molar-refractivity contribution in [2.24, 2.45) is 0 Å². The van der Waals surface area contributed by atoms with Crippen molar-refractivity contribution in [3.8, 4) is 0 Å². The number of non-ortho nitro benzene ring substituents is 1. The van der Waals surface area contributed by atoms with E-state index in [-0.39, 0.29) is 23.6 Å². The summed E-state index contributed by atoms with van der Waals surface area (Å²) in [5, 5.41) is 12.7. The molecule has 0 fully saturated rings. The van der Waals surface area contributed by atoms with Crippen molar-refractivity contribution in [1.82, 2.24) is 5.32 Å². The normalized spacial score (nSPS) is 9.56. The number of Topliss-reactive ketones (excluding diaryl/α,β-unsaturated/α-hetero) is 1. The molecule has 1 aromatic carbocycles. The first-order valence-corrected chi connectivity index (χ1v) is 4.53. The third-order valence-corrected chi connectivity index (χ3v) is 1.84. The molecule has 0 heterocycles. The van der Waals surface area contributed by atoms with Gasteiger partial charge in [-0.15, -0.1) is 0 Å². The summed E-state index contributed by atoms with van der Waals surface area (Å²) in [5.41, 5.74) is 0.204. The van der Waals surface area contributed by atoms with Crippen molar-refractivity contribution in [3.63, 3.8) is 0 Å². The van der Waals surface area contributed by atoms with Gasteiger partial charge in [-0.3, -0.25) is 19.7 Å². The number of benzene rings is 1. The van der Waals surface area contributed by atoms with E-state index in [4.69, 9.17) is 0 Å². The van der Waals surface area contributed by atoms with Gasteiger partial charge >= 0.3 is 0 Å². The first-order valence-electron chi connectivity index (χ1n) is 4.53. The van der Waals surface area contributed by atoms with E-state index in [1.807, 2.05) is 0 Å². The molecule has 6 nitrogen and oxygen atoms in total. The van der Waals surface area contributed by atoms with Gasteiger partial charge in [-0.2, -0.15) is 0 Å². The van der Waals surface area contributed by atoms with Crippen LogP contribution in [0.5, 0.6) is 0 Å². The molecule has 0 bridgehead atoms. The molecule has 0 unspecified atom stereocenters. The molecule has 1 N–H and O–H groups in total. The fourth-order valence-corrected chi connectivity index (χ4v) is 1.04. The van der Waals surface area contributed by atoms with E-state index in [0.717, 1.165) is 0 Å². The van der Waals surface area contributed by atoms with Crippen LogP contribution in [0, 0.1) is 10.1 Å². The molecular formula is C10H10N2O4. The zero-order valence-corrected chi connectivity index (χ0v) is 8.60. The van der Waals surface area contributed by atoms with Gasteiger partial charge in [-0.05, 0) is 19.1 Å². The van der Waals surface area contributed by atoms with E-state index in [1.54, 1.807) is 0 Å². The number of hydrogen-bond donors (Lipinski definition) is 1. The molecule has 0 aliphatic rings. The standard InChI is InChI=1S/C10H10N2O4/c1-7(13)6-11-10(14)8-2-4-9(5-3-8)12(15)16/h2-5H,6H2,1H3,(H,11,14). The zero-order chi connectivity index (χ0) is 12.1. The number of amides is 1. The minimum absolute atomic E-state index is 0.0458. The number of carbonyl (C=O) groups is 2. The van der Waals surface area contributed by atoms with Gasteiger partial charge in [-0.25, -0.2) is 0 Å². The Labute approximate surface area is 91.4 Å². The van der Waals surface area contributed by atoms with Crippen LogP contribution in [0.15, 0.2) is 24.3 Å². The van der Waals surface area contributed by atoms with Gasteiger partial charge in [0, 0.05) is 17.7 Å². The summed E-state index contributed by atoms with van der Waals surface area (Å²) in [6.07, 6.45) is 0. The molecular weight excluding hydrogens is 212 g/mol. The highest BCUT2D eigenvalue weighted by Gasteiger charge is 2.09. The fourth-order valence-electron chi connectivity index (χ4n) is 1.04. The lowest BCUT2D eigenvalue weighted by atomic mass is 10.2. The molecule has 0 aliphatic heterocycles. The van der Waals surface area contributed by atoms with Crippen LogP contribution < -0.4 is 5.32 Å². The third-order valence-electron chi connectivity index (χ3n) is 1.84. The van der Waals surface area contributed by atoms with E-state index in [0.29, 0.717) is 0 Å². The molecule has 0 aromatic heterocycles. The first-order chi connectivity index (χ1) is 7.50. The number of nitro groups is 1. The highest BCUT2D eigenvalue weighted by Crippen LogP contribution is 2.11. The zero-order valence-electron chi connectivity index (χ0n) is 8.60. The monoisotopic (exact) mass is 222 g/mol. The molecule has 0 spiro atoms. The fraction of sp³-hybridized carbons (Fsp3) is 0.200. The smallest absolute Gasteiger partial charge is 0.269 e. The van der Waals surface area contributed by atoms with Crippen LogP contribution in [-0.4, -0.2) is 23.2 Å². The van der Waals surface area contributed by atoms with Crippen molar-refractivity contribution < 1.29 is 14.5 Å². The maximum absolute atomic E-state index is 11.4. The molecule has 0 atom stereocenters. The average molecular weight is 222 g/mol. The molecule has 0 saturated carbocycles. The largest absolute Gasteiger partial charge is 0.345 e. The van der Waals surface area contributed by atoms with Crippen LogP contribution in [0.1, 0.15) is 17.3 Å². The Bertz CT molecular complexity index is 425. The van der Waals surface area contributed by atoms with Gasteiger partial charge < -0.3 is 5.32 Å². The minimum atomic E-state index is -0.544. The highest BCUT2D eigenvalue weighted by molar-refractivity contribution is 5.96. The summed E-state index contributed by atoms with van der Waals surface area (Å²) in [6.45, 7) is 1.31. The average Bonchev–Trinajstić information content (AvgIpc) is 2.26. The van der Waals surface area contributed by atoms with Crippen LogP contribution in [0.2, 0.25) is 0 Å². The van der Waals surface area contributed by atoms with Crippen molar-refractivity contribution in [2.75, 3.05) is 6.54 Å². The van der Waals surface area contributed by atoms with Gasteiger partial charge in [0.1, 0.15) is 5.78 Å². The lowest BCUT2D eigenvalue weighted by molar-refractivity contribution is -0.384. The molecule has 1 aromatic rings. The summed E-state index contributed by atoms with van der Waals surface area (Å²) in [4.78, 5) is 31.8. The van der Waals surface area contributed by atoms with Gasteiger partial charge in [0.25, 0.3) is 11.6 Å². The second kappa shape index (κ2) is 5.01. The number of hydrogen-bond acceptors (Lipinski definition) is 4. The summed E-state index contributed by atoms with van der Waals surface area (Å²) in [6, 6.07) is 5.16. The summed E-state index contributed by atoms with van der Waals surface area (Å²) in [5.74, 6) is -0.583. The quantitative estimate of drug-likeness (QED) is 0.605. The van der Waals surface area contributed by atoms with Crippen molar-refractivity contribution in [2.45, 2.75) is 6.92 Å². The van der Waals surface area contributed by atoms with Crippen LogP contribution in [0.4, 0.5) is 5.69 Å². The van der Waals surface area contributed by atoms with Crippen LogP contribution in [0.25, 0.3) is 0 Å². The Morgan fingerprint density at radius 3 is 2.31 bits per heavy atom. The molecule has 0 saturated heterocycles. The van der Waals surface area contributed by atoms with Crippen LogP contribution in [0.3, 0.4) is 0 Å². The molecule has 1 amide bonds. The second-order valence-electron chi connectivity index (χ2n) is 3.19. The molecule has 84 valence electrons. The van der Waals surface area contributed by atoms with Gasteiger partial charge in [-0.1, -0.05) is 0 Å². The van der Waals surface area contributed by atoms with E-state index in [2.05, 4.69) is 5.32 Å². The number of rotatable bonds is 4. The SMILES string of the molecule is CC(=O)CNC(=O)c1ccc([N+](=O)[O-])cc1. The lowest BCUT2D eigenvalue weighted by Gasteiger charge is -2.02. The van der Waals surface area contributed by atoms with Gasteiger partial charge in [0.2, 0.25) is 0 Å². The number of nitro benzene ring substituents is 1. The topological polar surface area (TPSA) is 89.3 Å². The van der Waals surface area contributed by atoms with Gasteiger partial charge in [0.15, 0.2) is 0 Å². The Morgan fingerprint density at radius 2 is 1.88 bits per heavy atom. The Morgan fingerprint density at radius 1 is 1.31 bits per heavy atom. The number of ketones is 1. The number of carbonyl (C=O) groups excluding carboxylic acids is 2. The van der Waals surface area contributed by atoms with Crippen LogP contribution >= 0.6 is 0 Å². The predicted molar refractivity (Wildman–Crippen MR) is 56.1 cm³/mol. The number of nitrogens with zero attached hydrogens (tertiary/aromatic N) is 1. The summed E-state index contributed by atoms with van der Waals surface area (Å²) >= 11 is 0. The van der Waals surface area contributed by atoms with Crippen molar-refractivity contribution in [1.29, 1.82) is 0 Å². The first kappa shape index (κ1) is 11.8. The Kier molecular flexibility index (Phi) is 3.71. The molecule has 6 heteroatoms. The Balaban J connectivity index is 2.70. The molecule has 1 rings (SSSR count). The Hall–Kier alpha value is -2.24. The molecule has 0 aliphatic carbocycles. The van der Waals surface area contributed by atoms with Gasteiger partial charge in [0.05, 0.1) is 11.5 Å². The van der Waals surface area contributed by atoms with E-state index < -0.39 is 10.8 Å². The predicted octanol–water partition coefficient (Wildman–Crippen LogP) is 0.914. The maximum Gasteiger partial charge on any atom is 0.269 e. The van der Waals surface area contributed by atoms with E-state index in [9.17, 15) is 19.7 Å². The summed E-state index contributed by atoms with van der Waals surface area (Å²) in [7, 11) is 0. The minimum Gasteiger partial charge on any atom is -0.345 e. The van der Waals surface area contributed by atoms with Crippen molar-refractivity contribution in [3.05, 3.63) is 39.9 Å². The molecule has 0 radical (unpaired) electrons. The number of nitrogens with one attached hydrogen (secondary N) is 1. The maximum atomic E-state index is 11.4. The molecule has 16 heavy (non-hydrogen) atoms. The second-order valence-corrected chi connectivity index (χ2v) is 3.19.